The molecule has 6 atom stereocenters. The molecule has 2 unspecified atom stereocenters. The maximum absolute atomic E-state index is 11.9. The number of ketones is 1. The van der Waals surface area contributed by atoms with Crippen molar-refractivity contribution in [3.05, 3.63) is 11.6 Å². The monoisotopic (exact) mass is 326 g/mol. The maximum atomic E-state index is 11.9. The molecular formula is C22H30O2. The lowest BCUT2D eigenvalue weighted by Gasteiger charge is -2.59. The van der Waals surface area contributed by atoms with Crippen molar-refractivity contribution < 1.29 is 9.53 Å². The van der Waals surface area contributed by atoms with Crippen molar-refractivity contribution in [3.8, 4) is 12.3 Å². The van der Waals surface area contributed by atoms with E-state index in [0.29, 0.717) is 17.6 Å². The smallest absolute Gasteiger partial charge is 0.155 e. The number of ether oxygens (including phenoxy) is 1. The summed E-state index contributed by atoms with van der Waals surface area (Å²) in [5.41, 5.74) is 1.42. The van der Waals surface area contributed by atoms with Crippen molar-refractivity contribution in [2.45, 2.75) is 70.8 Å². The molecule has 0 aromatic rings. The van der Waals surface area contributed by atoms with Gasteiger partial charge in [-0.05, 0) is 74.2 Å². The fourth-order valence-electron chi connectivity index (χ4n) is 7.19. The Balaban J connectivity index is 1.70. The second kappa shape index (κ2) is 5.21. The fraction of sp³-hybridized carbons (Fsp3) is 0.773. The molecule has 0 aliphatic heterocycles. The van der Waals surface area contributed by atoms with Crippen molar-refractivity contribution in [2.24, 2.45) is 28.6 Å². The average molecular weight is 326 g/mol. The van der Waals surface area contributed by atoms with E-state index in [4.69, 9.17) is 11.2 Å². The van der Waals surface area contributed by atoms with Crippen LogP contribution in [0.2, 0.25) is 0 Å². The lowest BCUT2D eigenvalue weighted by atomic mass is 9.46. The Hall–Kier alpha value is -1.07. The molecule has 0 spiro atoms. The van der Waals surface area contributed by atoms with E-state index in [1.807, 2.05) is 6.08 Å². The number of hydrogen-bond acceptors (Lipinski definition) is 2. The summed E-state index contributed by atoms with van der Waals surface area (Å²) in [5, 5.41) is 0. The van der Waals surface area contributed by atoms with Gasteiger partial charge in [-0.1, -0.05) is 25.3 Å². The summed E-state index contributed by atoms with van der Waals surface area (Å²) in [6, 6.07) is 0. The van der Waals surface area contributed by atoms with Crippen LogP contribution in [0.4, 0.5) is 0 Å². The van der Waals surface area contributed by atoms with E-state index in [-0.39, 0.29) is 16.4 Å². The van der Waals surface area contributed by atoms with Gasteiger partial charge < -0.3 is 4.74 Å². The van der Waals surface area contributed by atoms with Gasteiger partial charge in [-0.2, -0.15) is 0 Å². The molecule has 0 saturated heterocycles. The molecule has 2 heteroatoms. The maximum Gasteiger partial charge on any atom is 0.155 e. The number of allylic oxidation sites excluding steroid dienone is 1. The van der Waals surface area contributed by atoms with Crippen molar-refractivity contribution >= 4 is 5.78 Å². The molecular weight excluding hydrogens is 296 g/mol. The molecule has 4 aliphatic rings. The topological polar surface area (TPSA) is 26.3 Å². The molecule has 2 nitrogen and oxygen atoms in total. The number of carbonyl (C=O) groups excluding carboxylic acids is 1. The van der Waals surface area contributed by atoms with Gasteiger partial charge in [-0.3, -0.25) is 4.79 Å². The van der Waals surface area contributed by atoms with Gasteiger partial charge in [0.15, 0.2) is 5.78 Å². The van der Waals surface area contributed by atoms with Gasteiger partial charge >= 0.3 is 0 Å². The summed E-state index contributed by atoms with van der Waals surface area (Å²) >= 11 is 0. The number of methoxy groups -OCH3 is 1. The Morgan fingerprint density at radius 3 is 2.58 bits per heavy atom. The molecule has 0 aromatic heterocycles. The molecule has 0 bridgehead atoms. The van der Waals surface area contributed by atoms with Crippen LogP contribution in [-0.4, -0.2) is 18.5 Å². The van der Waals surface area contributed by atoms with Gasteiger partial charge in [0.25, 0.3) is 0 Å². The first-order valence-electron chi connectivity index (χ1n) is 9.67. The van der Waals surface area contributed by atoms with Crippen LogP contribution in [0, 0.1) is 40.9 Å². The highest BCUT2D eigenvalue weighted by Gasteiger charge is 2.64. The first-order valence-corrected chi connectivity index (χ1v) is 9.67. The predicted molar refractivity (Wildman–Crippen MR) is 95.3 cm³/mol. The number of hydrogen-bond donors (Lipinski definition) is 0. The third-order valence-electron chi connectivity index (χ3n) is 8.66. The highest BCUT2D eigenvalue weighted by molar-refractivity contribution is 5.91. The average Bonchev–Trinajstić information content (AvgIpc) is 2.88. The summed E-state index contributed by atoms with van der Waals surface area (Å²) in [4.78, 5) is 11.9. The van der Waals surface area contributed by atoms with E-state index < -0.39 is 0 Å². The third-order valence-corrected chi connectivity index (χ3v) is 8.66. The Labute approximate surface area is 146 Å². The lowest BCUT2D eigenvalue weighted by Crippen LogP contribution is -2.55. The molecule has 4 aliphatic carbocycles. The Kier molecular flexibility index (Phi) is 3.56. The second-order valence-electron chi connectivity index (χ2n) is 9.14. The molecule has 0 amide bonds. The molecule has 0 aromatic carbocycles. The standard InChI is InChI=1S/C22H30O2/c1-5-22(24-4)13-10-19-17-7-6-15-14-16(23)8-11-20(15,2)18(17)9-12-21(19,22)3/h1,14,17-19H,6-13H2,2-4H3/t17?,18-,19-,20+,21+,22?/m1/s1. The molecule has 0 N–H and O–H groups in total. The van der Waals surface area contributed by atoms with Gasteiger partial charge in [0.1, 0.15) is 5.60 Å². The van der Waals surface area contributed by atoms with E-state index in [2.05, 4.69) is 19.8 Å². The predicted octanol–water partition coefficient (Wildman–Crippen LogP) is 4.54. The molecule has 3 fully saturated rings. The molecule has 3 saturated carbocycles. The quantitative estimate of drug-likeness (QED) is 0.661. The van der Waals surface area contributed by atoms with Crippen LogP contribution >= 0.6 is 0 Å². The summed E-state index contributed by atoms with van der Waals surface area (Å²) in [5.74, 6) is 5.52. The number of carbonyl (C=O) groups is 1. The van der Waals surface area contributed by atoms with E-state index in [9.17, 15) is 4.79 Å². The number of terminal acetylenes is 1. The first kappa shape index (κ1) is 16.4. The highest BCUT2D eigenvalue weighted by Crippen LogP contribution is 2.67. The van der Waals surface area contributed by atoms with Gasteiger partial charge in [0.2, 0.25) is 0 Å². The van der Waals surface area contributed by atoms with Gasteiger partial charge in [0.05, 0.1) is 0 Å². The minimum Gasteiger partial charge on any atom is -0.365 e. The Morgan fingerprint density at radius 2 is 1.88 bits per heavy atom. The Bertz CT molecular complexity index is 641. The highest BCUT2D eigenvalue weighted by atomic mass is 16.5. The van der Waals surface area contributed by atoms with Gasteiger partial charge in [-0.15, -0.1) is 6.42 Å². The Morgan fingerprint density at radius 1 is 1.12 bits per heavy atom. The summed E-state index contributed by atoms with van der Waals surface area (Å²) in [6.45, 7) is 4.83. The zero-order valence-corrected chi connectivity index (χ0v) is 15.4. The van der Waals surface area contributed by atoms with Crippen LogP contribution in [0.3, 0.4) is 0 Å². The number of fused-ring (bicyclic) bond motifs is 5. The molecule has 4 rings (SSSR count). The first-order chi connectivity index (χ1) is 11.4. The van der Waals surface area contributed by atoms with E-state index in [1.54, 1.807) is 7.11 Å². The van der Waals surface area contributed by atoms with Crippen molar-refractivity contribution in [2.75, 3.05) is 7.11 Å². The van der Waals surface area contributed by atoms with E-state index in [1.165, 1.54) is 24.8 Å². The van der Waals surface area contributed by atoms with Crippen LogP contribution in [0.25, 0.3) is 0 Å². The van der Waals surface area contributed by atoms with E-state index in [0.717, 1.165) is 38.0 Å². The minimum atomic E-state index is -0.373. The normalized spacial score (nSPS) is 50.3. The molecule has 0 heterocycles. The minimum absolute atomic E-state index is 0.111. The van der Waals surface area contributed by atoms with Crippen LogP contribution in [-0.2, 0) is 9.53 Å². The summed E-state index contributed by atoms with van der Waals surface area (Å²) < 4.78 is 5.95. The second-order valence-corrected chi connectivity index (χ2v) is 9.14. The van der Waals surface area contributed by atoms with Crippen LogP contribution in [0.15, 0.2) is 11.6 Å². The largest absolute Gasteiger partial charge is 0.365 e. The van der Waals surface area contributed by atoms with Crippen molar-refractivity contribution in [1.82, 2.24) is 0 Å². The molecule has 0 radical (unpaired) electrons. The molecule has 130 valence electrons. The third kappa shape index (κ3) is 1.86. The van der Waals surface area contributed by atoms with Crippen molar-refractivity contribution in [3.63, 3.8) is 0 Å². The fourth-order valence-corrected chi connectivity index (χ4v) is 7.19. The molecule has 24 heavy (non-hydrogen) atoms. The summed E-state index contributed by atoms with van der Waals surface area (Å²) in [6.07, 6.45) is 16.7. The SMILES string of the molecule is C#CC1(OC)CC[C@@H]2C3CCC4=CC(=O)CC[C@]4(C)[C@@H]3CC[C@@]21C. The summed E-state index contributed by atoms with van der Waals surface area (Å²) in [7, 11) is 1.80. The number of rotatable bonds is 1. The van der Waals surface area contributed by atoms with Gasteiger partial charge in [-0.25, -0.2) is 0 Å². The zero-order chi connectivity index (χ0) is 17.2. The lowest BCUT2D eigenvalue weighted by molar-refractivity contribution is -0.122. The van der Waals surface area contributed by atoms with Gasteiger partial charge in [0, 0.05) is 18.9 Å². The zero-order valence-electron chi connectivity index (χ0n) is 15.4. The van der Waals surface area contributed by atoms with Crippen LogP contribution in [0.5, 0.6) is 0 Å². The van der Waals surface area contributed by atoms with E-state index >= 15 is 0 Å². The van der Waals surface area contributed by atoms with Crippen LogP contribution < -0.4 is 0 Å². The van der Waals surface area contributed by atoms with Crippen LogP contribution in [0.1, 0.15) is 65.2 Å². The van der Waals surface area contributed by atoms with Crippen molar-refractivity contribution in [1.29, 1.82) is 0 Å².